The summed E-state index contributed by atoms with van der Waals surface area (Å²) in [7, 11) is 1.56. The molecule has 56 valence electrons. The van der Waals surface area contributed by atoms with E-state index in [-0.39, 0.29) is 12.4 Å². The second kappa shape index (κ2) is 3.95. The zero-order valence-corrected chi connectivity index (χ0v) is 6.39. The summed E-state index contributed by atoms with van der Waals surface area (Å²) in [5.74, 6) is 0.623. The average Bonchev–Trinajstić information content (AvgIpc) is 1.89. The predicted octanol–water partition coefficient (Wildman–Crippen LogP) is 1.09. The highest BCUT2D eigenvalue weighted by atomic mass is 35.5. The van der Waals surface area contributed by atoms with Crippen molar-refractivity contribution in [1.82, 2.24) is 4.98 Å². The summed E-state index contributed by atoms with van der Waals surface area (Å²) in [4.78, 5) is 3.81. The minimum Gasteiger partial charge on any atom is -0.493 e. The van der Waals surface area contributed by atoms with E-state index in [9.17, 15) is 0 Å². The van der Waals surface area contributed by atoms with Crippen LogP contribution in [0.3, 0.4) is 0 Å². The van der Waals surface area contributed by atoms with Gasteiger partial charge in [-0.3, -0.25) is 4.98 Å². The van der Waals surface area contributed by atoms with Gasteiger partial charge in [-0.05, 0) is 6.07 Å². The molecule has 1 aromatic heterocycles. The van der Waals surface area contributed by atoms with Crippen LogP contribution in [0.4, 0.5) is 5.69 Å². The molecule has 0 bridgehead atoms. The van der Waals surface area contributed by atoms with Gasteiger partial charge in [0, 0.05) is 6.20 Å². The van der Waals surface area contributed by atoms with E-state index in [0.717, 1.165) is 0 Å². The first-order valence-corrected chi connectivity index (χ1v) is 2.58. The minimum absolute atomic E-state index is 0. The van der Waals surface area contributed by atoms with Crippen LogP contribution in [-0.4, -0.2) is 12.1 Å². The molecular formula is C6H9ClN2O. The Hall–Kier alpha value is -0.960. The number of rotatable bonds is 1. The molecule has 2 N–H and O–H groups in total. The van der Waals surface area contributed by atoms with Gasteiger partial charge in [-0.15, -0.1) is 12.4 Å². The van der Waals surface area contributed by atoms with E-state index in [1.165, 1.54) is 0 Å². The van der Waals surface area contributed by atoms with Crippen LogP contribution in [0, 0.1) is 0 Å². The molecule has 4 heteroatoms. The summed E-state index contributed by atoms with van der Waals surface area (Å²) in [6.07, 6.45) is 3.20. The van der Waals surface area contributed by atoms with Crippen molar-refractivity contribution in [3.8, 4) is 5.75 Å². The summed E-state index contributed by atoms with van der Waals surface area (Å²) in [6.45, 7) is 0. The van der Waals surface area contributed by atoms with Crippen LogP contribution in [0.5, 0.6) is 5.75 Å². The molecular weight excluding hydrogens is 152 g/mol. The lowest BCUT2D eigenvalue weighted by molar-refractivity contribution is 0.415. The highest BCUT2D eigenvalue weighted by Crippen LogP contribution is 2.16. The van der Waals surface area contributed by atoms with E-state index in [4.69, 9.17) is 10.5 Å². The highest BCUT2D eigenvalue weighted by Gasteiger charge is 1.92. The van der Waals surface area contributed by atoms with Crippen LogP contribution in [0.1, 0.15) is 0 Å². The van der Waals surface area contributed by atoms with E-state index in [1.54, 1.807) is 25.6 Å². The molecule has 0 saturated heterocycles. The van der Waals surface area contributed by atoms with E-state index in [1.807, 2.05) is 0 Å². The number of pyridine rings is 1. The van der Waals surface area contributed by atoms with Crippen LogP contribution < -0.4 is 10.5 Å². The van der Waals surface area contributed by atoms with Crippen molar-refractivity contribution in [2.75, 3.05) is 12.8 Å². The van der Waals surface area contributed by atoms with Crippen molar-refractivity contribution >= 4 is 18.1 Å². The highest BCUT2D eigenvalue weighted by molar-refractivity contribution is 5.85. The summed E-state index contributed by atoms with van der Waals surface area (Å²) in [5, 5.41) is 0. The molecule has 10 heavy (non-hydrogen) atoms. The van der Waals surface area contributed by atoms with Crippen LogP contribution in [0.2, 0.25) is 0 Å². The van der Waals surface area contributed by atoms with Crippen molar-refractivity contribution in [3.63, 3.8) is 0 Å². The van der Waals surface area contributed by atoms with Gasteiger partial charge in [0.15, 0.2) is 5.75 Å². The molecule has 0 unspecified atom stereocenters. The predicted molar refractivity (Wildman–Crippen MR) is 42.4 cm³/mol. The second-order valence-corrected chi connectivity index (χ2v) is 1.62. The van der Waals surface area contributed by atoms with Crippen molar-refractivity contribution in [1.29, 1.82) is 0 Å². The molecule has 1 aromatic rings. The Morgan fingerprint density at radius 1 is 1.60 bits per heavy atom. The van der Waals surface area contributed by atoms with Crippen molar-refractivity contribution < 1.29 is 4.74 Å². The number of methoxy groups -OCH3 is 1. The SMILES string of the molecule is COc1cnccc1N.Cl. The maximum Gasteiger partial charge on any atom is 0.159 e. The van der Waals surface area contributed by atoms with Crippen LogP contribution in [0.25, 0.3) is 0 Å². The van der Waals surface area contributed by atoms with Gasteiger partial charge in [0.2, 0.25) is 0 Å². The number of hydrogen-bond acceptors (Lipinski definition) is 3. The molecule has 0 atom stereocenters. The second-order valence-electron chi connectivity index (χ2n) is 1.62. The number of hydrogen-bond donors (Lipinski definition) is 1. The molecule has 0 fully saturated rings. The minimum atomic E-state index is 0. The monoisotopic (exact) mass is 160 g/mol. The Balaban J connectivity index is 0.000000810. The van der Waals surface area contributed by atoms with Crippen molar-refractivity contribution in [2.24, 2.45) is 0 Å². The molecule has 1 rings (SSSR count). The van der Waals surface area contributed by atoms with E-state index < -0.39 is 0 Å². The van der Waals surface area contributed by atoms with Gasteiger partial charge < -0.3 is 10.5 Å². The molecule has 0 spiro atoms. The van der Waals surface area contributed by atoms with Gasteiger partial charge in [-0.1, -0.05) is 0 Å². The van der Waals surface area contributed by atoms with E-state index >= 15 is 0 Å². The fraction of sp³-hybridized carbons (Fsp3) is 0.167. The van der Waals surface area contributed by atoms with Gasteiger partial charge in [0.1, 0.15) is 0 Å². The van der Waals surface area contributed by atoms with Crippen LogP contribution >= 0.6 is 12.4 Å². The smallest absolute Gasteiger partial charge is 0.159 e. The molecule has 0 saturated carbocycles. The van der Waals surface area contributed by atoms with E-state index in [2.05, 4.69) is 4.98 Å². The maximum atomic E-state index is 5.47. The third-order valence-electron chi connectivity index (χ3n) is 1.04. The number of nitrogens with zero attached hydrogens (tertiary/aromatic N) is 1. The molecule has 0 amide bonds. The molecule has 0 aliphatic rings. The van der Waals surface area contributed by atoms with Gasteiger partial charge in [0.25, 0.3) is 0 Å². The lowest BCUT2D eigenvalue weighted by Crippen LogP contribution is -1.91. The Labute approximate surface area is 65.6 Å². The van der Waals surface area contributed by atoms with Gasteiger partial charge in [-0.2, -0.15) is 0 Å². The number of nitrogen functional groups attached to an aromatic ring is 1. The third kappa shape index (κ3) is 1.77. The first-order chi connectivity index (χ1) is 4.34. The zero-order valence-electron chi connectivity index (χ0n) is 5.57. The number of nitrogens with two attached hydrogens (primary N) is 1. The molecule has 0 aliphatic heterocycles. The first-order valence-electron chi connectivity index (χ1n) is 2.58. The number of halogens is 1. The molecule has 0 aliphatic carbocycles. The summed E-state index contributed by atoms with van der Waals surface area (Å²) >= 11 is 0. The largest absolute Gasteiger partial charge is 0.493 e. The quantitative estimate of drug-likeness (QED) is 0.669. The Bertz CT molecular complexity index is 205. The maximum absolute atomic E-state index is 5.47. The van der Waals surface area contributed by atoms with Crippen molar-refractivity contribution in [2.45, 2.75) is 0 Å². The van der Waals surface area contributed by atoms with Gasteiger partial charge >= 0.3 is 0 Å². The number of ether oxygens (including phenoxy) is 1. The Morgan fingerprint density at radius 3 is 2.70 bits per heavy atom. The molecule has 1 heterocycles. The Morgan fingerprint density at radius 2 is 2.30 bits per heavy atom. The first kappa shape index (κ1) is 9.04. The Kier molecular flexibility index (Phi) is 3.57. The molecule has 3 nitrogen and oxygen atoms in total. The van der Waals surface area contributed by atoms with Gasteiger partial charge in [-0.25, -0.2) is 0 Å². The molecule has 0 aromatic carbocycles. The van der Waals surface area contributed by atoms with Crippen molar-refractivity contribution in [3.05, 3.63) is 18.5 Å². The number of anilines is 1. The fourth-order valence-corrected chi connectivity index (χ4v) is 0.561. The normalized spacial score (nSPS) is 8.10. The third-order valence-corrected chi connectivity index (χ3v) is 1.04. The fourth-order valence-electron chi connectivity index (χ4n) is 0.561. The standard InChI is InChI=1S/C6H8N2O.ClH/c1-9-6-4-8-3-2-5(6)7;/h2-4H,1H3,(H2,7,8);1H. The zero-order chi connectivity index (χ0) is 6.69. The van der Waals surface area contributed by atoms with Crippen LogP contribution in [0.15, 0.2) is 18.5 Å². The summed E-state index contributed by atoms with van der Waals surface area (Å²) in [6, 6.07) is 1.69. The van der Waals surface area contributed by atoms with Crippen LogP contribution in [-0.2, 0) is 0 Å². The summed E-state index contributed by atoms with van der Waals surface area (Å²) < 4.78 is 4.86. The topological polar surface area (TPSA) is 48.1 Å². The van der Waals surface area contributed by atoms with Gasteiger partial charge in [0.05, 0.1) is 19.0 Å². The average molecular weight is 161 g/mol. The number of aromatic nitrogens is 1. The summed E-state index contributed by atoms with van der Waals surface area (Å²) in [5.41, 5.74) is 6.08. The van der Waals surface area contributed by atoms with E-state index in [0.29, 0.717) is 11.4 Å². The lowest BCUT2D eigenvalue weighted by atomic mass is 10.4. The molecule has 0 radical (unpaired) electrons. The lowest BCUT2D eigenvalue weighted by Gasteiger charge is -1.99.